The quantitative estimate of drug-likeness (QED) is 0.771. The Morgan fingerprint density at radius 2 is 1.80 bits per heavy atom. The van der Waals surface area contributed by atoms with Crippen molar-refractivity contribution in [3.05, 3.63) is 35.4 Å². The van der Waals surface area contributed by atoms with Crippen molar-refractivity contribution >= 4 is 0 Å². The van der Waals surface area contributed by atoms with E-state index < -0.39 is 6.29 Å². The van der Waals surface area contributed by atoms with Gasteiger partial charge in [0.05, 0.1) is 0 Å². The minimum Gasteiger partial charge on any atom is -0.367 e. The molecule has 0 radical (unpaired) electrons. The number of rotatable bonds is 4. The van der Waals surface area contributed by atoms with Crippen molar-refractivity contribution in [3.8, 4) is 0 Å². The molecule has 1 aromatic carbocycles. The van der Waals surface area contributed by atoms with Crippen LogP contribution in [0.25, 0.3) is 0 Å². The van der Waals surface area contributed by atoms with E-state index in [0.717, 1.165) is 5.56 Å². The Morgan fingerprint density at radius 1 is 1.27 bits per heavy atom. The smallest absolute Gasteiger partial charge is 0.163 e. The van der Waals surface area contributed by atoms with Crippen LogP contribution in [0.5, 0.6) is 0 Å². The number of ether oxygens (including phenoxy) is 1. The largest absolute Gasteiger partial charge is 0.367 e. The van der Waals surface area contributed by atoms with Crippen LogP contribution in [-0.2, 0) is 10.2 Å². The minimum atomic E-state index is -0.759. The highest BCUT2D eigenvalue weighted by atomic mass is 16.6. The van der Waals surface area contributed by atoms with Gasteiger partial charge >= 0.3 is 0 Å². The summed E-state index contributed by atoms with van der Waals surface area (Å²) in [5, 5.41) is 9.88. The molecule has 0 saturated heterocycles. The zero-order valence-electron chi connectivity index (χ0n) is 9.95. The van der Waals surface area contributed by atoms with Crippen molar-refractivity contribution < 1.29 is 9.84 Å². The van der Waals surface area contributed by atoms with Crippen LogP contribution in [0.1, 0.15) is 31.9 Å². The average molecular weight is 208 g/mol. The molecule has 1 aromatic rings. The van der Waals surface area contributed by atoms with E-state index in [4.69, 9.17) is 4.74 Å². The van der Waals surface area contributed by atoms with E-state index >= 15 is 0 Å². The molecule has 0 fully saturated rings. The number of aryl methyl sites for hydroxylation is 1. The van der Waals surface area contributed by atoms with Crippen LogP contribution in [0.3, 0.4) is 0 Å². The molecule has 0 bridgehead atoms. The first-order valence-corrected chi connectivity index (χ1v) is 5.35. The molecule has 0 amide bonds. The third-order valence-electron chi connectivity index (χ3n) is 2.74. The Morgan fingerprint density at radius 3 is 2.27 bits per heavy atom. The molecule has 2 heteroatoms. The van der Waals surface area contributed by atoms with Crippen molar-refractivity contribution in [2.75, 3.05) is 6.61 Å². The zero-order valence-corrected chi connectivity index (χ0v) is 9.95. The van der Waals surface area contributed by atoms with E-state index in [9.17, 15) is 5.11 Å². The Kier molecular flexibility index (Phi) is 3.89. The zero-order chi connectivity index (χ0) is 11.5. The van der Waals surface area contributed by atoms with E-state index in [1.807, 2.05) is 32.9 Å². The van der Waals surface area contributed by atoms with Gasteiger partial charge < -0.3 is 9.84 Å². The SMILES string of the molecule is CCOC(O)C(C)(C)c1ccc(C)cc1. The van der Waals surface area contributed by atoms with Gasteiger partial charge in [-0.2, -0.15) is 0 Å². The van der Waals surface area contributed by atoms with Crippen LogP contribution >= 0.6 is 0 Å². The molecule has 1 unspecified atom stereocenters. The van der Waals surface area contributed by atoms with Gasteiger partial charge in [-0.25, -0.2) is 0 Å². The van der Waals surface area contributed by atoms with Crippen molar-refractivity contribution in [1.29, 1.82) is 0 Å². The Bertz CT molecular complexity index is 301. The number of hydrogen-bond donors (Lipinski definition) is 1. The fraction of sp³-hybridized carbons (Fsp3) is 0.538. The molecule has 0 heterocycles. The maximum absolute atomic E-state index is 9.88. The molecule has 1 atom stereocenters. The van der Waals surface area contributed by atoms with Gasteiger partial charge in [-0.1, -0.05) is 43.7 Å². The first-order chi connectivity index (χ1) is 6.98. The van der Waals surface area contributed by atoms with Crippen LogP contribution < -0.4 is 0 Å². The summed E-state index contributed by atoms with van der Waals surface area (Å²) >= 11 is 0. The number of aliphatic hydroxyl groups is 1. The molecular formula is C13H20O2. The summed E-state index contributed by atoms with van der Waals surface area (Å²) in [5.74, 6) is 0. The number of aliphatic hydroxyl groups excluding tert-OH is 1. The van der Waals surface area contributed by atoms with Gasteiger partial charge in [0, 0.05) is 12.0 Å². The van der Waals surface area contributed by atoms with Gasteiger partial charge in [0.1, 0.15) is 0 Å². The van der Waals surface area contributed by atoms with Crippen molar-refractivity contribution in [1.82, 2.24) is 0 Å². The lowest BCUT2D eigenvalue weighted by Crippen LogP contribution is -2.35. The summed E-state index contributed by atoms with van der Waals surface area (Å²) in [7, 11) is 0. The number of benzene rings is 1. The molecule has 0 spiro atoms. The third kappa shape index (κ3) is 2.80. The van der Waals surface area contributed by atoms with Crippen LogP contribution in [0.15, 0.2) is 24.3 Å². The molecule has 0 aliphatic heterocycles. The summed E-state index contributed by atoms with van der Waals surface area (Å²) < 4.78 is 5.25. The molecule has 15 heavy (non-hydrogen) atoms. The second kappa shape index (κ2) is 4.77. The van der Waals surface area contributed by atoms with Crippen molar-refractivity contribution in [2.45, 2.75) is 39.4 Å². The predicted octanol–water partition coefficient (Wildman–Crippen LogP) is 2.63. The third-order valence-corrected chi connectivity index (χ3v) is 2.74. The molecule has 0 saturated carbocycles. The highest BCUT2D eigenvalue weighted by Crippen LogP contribution is 2.27. The molecule has 2 nitrogen and oxygen atoms in total. The lowest BCUT2D eigenvalue weighted by molar-refractivity contribution is -0.135. The summed E-state index contributed by atoms with van der Waals surface area (Å²) in [6.45, 7) is 8.43. The normalized spacial score (nSPS) is 13.9. The van der Waals surface area contributed by atoms with Gasteiger partial charge in [0.2, 0.25) is 0 Å². The Balaban J connectivity index is 2.89. The monoisotopic (exact) mass is 208 g/mol. The maximum atomic E-state index is 9.88. The molecule has 1 rings (SSSR count). The standard InChI is InChI=1S/C13H20O2/c1-5-15-12(14)13(3,4)11-8-6-10(2)7-9-11/h6-9,12,14H,5H2,1-4H3. The average Bonchev–Trinajstić information content (AvgIpc) is 2.18. The first kappa shape index (κ1) is 12.2. The molecular weight excluding hydrogens is 188 g/mol. The minimum absolute atomic E-state index is 0.371. The summed E-state index contributed by atoms with van der Waals surface area (Å²) in [5.41, 5.74) is 1.94. The second-order valence-corrected chi connectivity index (χ2v) is 4.40. The topological polar surface area (TPSA) is 29.5 Å². The Hall–Kier alpha value is -0.860. The predicted molar refractivity (Wildman–Crippen MR) is 61.8 cm³/mol. The van der Waals surface area contributed by atoms with E-state index in [-0.39, 0.29) is 5.41 Å². The van der Waals surface area contributed by atoms with Crippen molar-refractivity contribution in [2.24, 2.45) is 0 Å². The molecule has 0 aliphatic rings. The molecule has 84 valence electrons. The number of hydrogen-bond acceptors (Lipinski definition) is 2. The van der Waals surface area contributed by atoms with Gasteiger partial charge in [-0.15, -0.1) is 0 Å². The highest BCUT2D eigenvalue weighted by Gasteiger charge is 2.30. The van der Waals surface area contributed by atoms with Gasteiger partial charge in [-0.05, 0) is 19.4 Å². The summed E-state index contributed by atoms with van der Waals surface area (Å²) in [6, 6.07) is 8.18. The fourth-order valence-electron chi connectivity index (χ4n) is 1.49. The first-order valence-electron chi connectivity index (χ1n) is 5.35. The van der Waals surface area contributed by atoms with Crippen molar-refractivity contribution in [3.63, 3.8) is 0 Å². The van der Waals surface area contributed by atoms with E-state index in [1.165, 1.54) is 5.56 Å². The van der Waals surface area contributed by atoms with Crippen LogP contribution in [0.4, 0.5) is 0 Å². The lowest BCUT2D eigenvalue weighted by atomic mass is 9.83. The lowest BCUT2D eigenvalue weighted by Gasteiger charge is -2.30. The molecule has 0 aromatic heterocycles. The van der Waals surface area contributed by atoms with Crippen LogP contribution in [0.2, 0.25) is 0 Å². The molecule has 0 aliphatic carbocycles. The van der Waals surface area contributed by atoms with Gasteiger partial charge in [0.25, 0.3) is 0 Å². The van der Waals surface area contributed by atoms with Crippen LogP contribution in [0, 0.1) is 6.92 Å². The summed E-state index contributed by atoms with van der Waals surface area (Å²) in [4.78, 5) is 0. The fourth-order valence-corrected chi connectivity index (χ4v) is 1.49. The van der Waals surface area contributed by atoms with Gasteiger partial charge in [0.15, 0.2) is 6.29 Å². The van der Waals surface area contributed by atoms with E-state index in [1.54, 1.807) is 0 Å². The van der Waals surface area contributed by atoms with E-state index in [0.29, 0.717) is 6.61 Å². The Labute approximate surface area is 91.9 Å². The van der Waals surface area contributed by atoms with Crippen LogP contribution in [-0.4, -0.2) is 18.0 Å². The second-order valence-electron chi connectivity index (χ2n) is 4.40. The van der Waals surface area contributed by atoms with Gasteiger partial charge in [-0.3, -0.25) is 0 Å². The summed E-state index contributed by atoms with van der Waals surface area (Å²) in [6.07, 6.45) is -0.759. The molecule has 1 N–H and O–H groups in total. The van der Waals surface area contributed by atoms with E-state index in [2.05, 4.69) is 19.1 Å². The highest BCUT2D eigenvalue weighted by molar-refractivity contribution is 5.28. The maximum Gasteiger partial charge on any atom is 0.163 e.